The molecular formula is C51H68O2S4. The molecule has 57 heavy (non-hydrogen) atoms. The fourth-order valence-corrected chi connectivity index (χ4v) is 12.8. The number of ether oxygens (including phenoxy) is 2. The van der Waals surface area contributed by atoms with Crippen LogP contribution in [-0.4, -0.2) is 29.8 Å². The largest absolute Gasteiger partial charge is 0.494 e. The van der Waals surface area contributed by atoms with Gasteiger partial charge in [-0.25, -0.2) is 0 Å². The van der Waals surface area contributed by atoms with E-state index in [-0.39, 0.29) is 6.10 Å². The van der Waals surface area contributed by atoms with E-state index >= 15 is 0 Å². The highest BCUT2D eigenvalue weighted by Gasteiger charge is 2.21. The van der Waals surface area contributed by atoms with Gasteiger partial charge in [0.25, 0.3) is 0 Å². The van der Waals surface area contributed by atoms with Gasteiger partial charge in [0.15, 0.2) is 0 Å². The minimum absolute atomic E-state index is 0.220. The molecule has 0 radical (unpaired) electrons. The predicted molar refractivity (Wildman–Crippen MR) is 259 cm³/mol. The molecule has 6 heteroatoms. The first kappa shape index (κ1) is 44.3. The smallest absolute Gasteiger partial charge is 0.119 e. The highest BCUT2D eigenvalue weighted by atomic mass is 32.2. The molecule has 0 spiro atoms. The molecule has 2 aromatic carbocycles. The lowest BCUT2D eigenvalue weighted by atomic mass is 9.97. The zero-order valence-electron chi connectivity index (χ0n) is 35.8. The SMILES string of the molecule is CC(C)CCCC(C)CCOc1ccc(/C=C/c2cc3sc4cc5c(cc4c3s2)SC(C)CC(/C=C/C2=CCC(OCCC(C)CCCC(C)C)C=C2)SC5)cc1. The molecule has 3 heterocycles. The van der Waals surface area contributed by atoms with Crippen molar-refractivity contribution in [3.63, 3.8) is 0 Å². The van der Waals surface area contributed by atoms with E-state index in [4.69, 9.17) is 9.47 Å². The van der Waals surface area contributed by atoms with Crippen LogP contribution >= 0.6 is 46.2 Å². The Morgan fingerprint density at radius 3 is 2.21 bits per heavy atom. The van der Waals surface area contributed by atoms with Crippen LogP contribution in [0.15, 0.2) is 83.3 Å². The van der Waals surface area contributed by atoms with Gasteiger partial charge in [-0.2, -0.15) is 0 Å². The fraction of sp³-hybridized carbons (Fsp3) is 0.529. The number of rotatable bonds is 20. The maximum Gasteiger partial charge on any atom is 0.119 e. The van der Waals surface area contributed by atoms with Crippen LogP contribution < -0.4 is 4.74 Å². The molecule has 1 aliphatic heterocycles. The van der Waals surface area contributed by atoms with Gasteiger partial charge in [0, 0.05) is 47.4 Å². The Labute approximate surface area is 362 Å². The second-order valence-corrected chi connectivity index (χ2v) is 22.5. The van der Waals surface area contributed by atoms with Crippen molar-refractivity contribution in [3.8, 4) is 5.75 Å². The number of hydrogen-bond donors (Lipinski definition) is 0. The first-order valence-electron chi connectivity index (χ1n) is 21.9. The number of thioether (sulfide) groups is 2. The zero-order chi connectivity index (χ0) is 40.1. The predicted octanol–water partition coefficient (Wildman–Crippen LogP) is 16.7. The molecule has 6 rings (SSSR count). The molecule has 0 saturated carbocycles. The quantitative estimate of drug-likeness (QED) is 0.0882. The molecule has 5 atom stereocenters. The van der Waals surface area contributed by atoms with E-state index in [0.717, 1.165) is 67.7 Å². The van der Waals surface area contributed by atoms with E-state index in [1.807, 2.05) is 22.7 Å². The second kappa shape index (κ2) is 22.4. The Kier molecular flexibility index (Phi) is 17.4. The lowest BCUT2D eigenvalue weighted by Gasteiger charge is -2.23. The molecule has 0 saturated heterocycles. The van der Waals surface area contributed by atoms with E-state index in [1.54, 1.807) is 0 Å². The van der Waals surface area contributed by atoms with Crippen LogP contribution in [0.1, 0.15) is 129 Å². The average Bonchev–Trinajstić information content (AvgIpc) is 3.72. The molecule has 0 fully saturated rings. The molecule has 4 aromatic rings. The van der Waals surface area contributed by atoms with E-state index in [9.17, 15) is 0 Å². The first-order valence-corrected chi connectivity index (χ1v) is 25.5. The average molecular weight is 841 g/mol. The van der Waals surface area contributed by atoms with E-state index in [0.29, 0.717) is 10.5 Å². The van der Waals surface area contributed by atoms with Gasteiger partial charge in [0.1, 0.15) is 5.75 Å². The van der Waals surface area contributed by atoms with E-state index in [2.05, 4.69) is 157 Å². The van der Waals surface area contributed by atoms with Gasteiger partial charge < -0.3 is 9.47 Å². The third kappa shape index (κ3) is 14.2. The number of hydrogen-bond acceptors (Lipinski definition) is 6. The van der Waals surface area contributed by atoms with Crippen LogP contribution in [0.3, 0.4) is 0 Å². The van der Waals surface area contributed by atoms with Crippen LogP contribution in [0.4, 0.5) is 0 Å². The summed E-state index contributed by atoms with van der Waals surface area (Å²) in [5, 5.41) is 2.49. The van der Waals surface area contributed by atoms with E-state index < -0.39 is 0 Å². The third-order valence-corrected chi connectivity index (χ3v) is 16.2. The van der Waals surface area contributed by atoms with Crippen LogP contribution in [-0.2, 0) is 10.5 Å². The zero-order valence-corrected chi connectivity index (χ0v) is 39.0. The lowest BCUT2D eigenvalue weighted by molar-refractivity contribution is 0.0758. The van der Waals surface area contributed by atoms with Crippen LogP contribution in [0, 0.1) is 23.7 Å². The number of benzene rings is 2. The van der Waals surface area contributed by atoms with Crippen LogP contribution in [0.2, 0.25) is 0 Å². The monoisotopic (exact) mass is 840 g/mol. The lowest BCUT2D eigenvalue weighted by Crippen LogP contribution is -2.14. The maximum absolute atomic E-state index is 6.24. The normalized spacial score (nSPS) is 20.2. The second-order valence-electron chi connectivity index (χ2n) is 17.7. The molecule has 2 nitrogen and oxygen atoms in total. The summed E-state index contributed by atoms with van der Waals surface area (Å²) in [4.78, 5) is 2.78. The van der Waals surface area contributed by atoms with Gasteiger partial charge in [-0.15, -0.1) is 46.2 Å². The van der Waals surface area contributed by atoms with Crippen molar-refractivity contribution >= 4 is 77.8 Å². The van der Waals surface area contributed by atoms with Gasteiger partial charge in [0.2, 0.25) is 0 Å². The Bertz CT molecular complexity index is 1960. The highest BCUT2D eigenvalue weighted by Crippen LogP contribution is 2.45. The summed E-state index contributed by atoms with van der Waals surface area (Å²) >= 11 is 8.04. The number of fused-ring (bicyclic) bond motifs is 4. The Morgan fingerprint density at radius 2 is 1.51 bits per heavy atom. The van der Waals surface area contributed by atoms with Crippen LogP contribution in [0.25, 0.3) is 31.6 Å². The summed E-state index contributed by atoms with van der Waals surface area (Å²) in [6.45, 7) is 18.1. The van der Waals surface area contributed by atoms with Crippen molar-refractivity contribution in [1.29, 1.82) is 0 Å². The van der Waals surface area contributed by atoms with E-state index in [1.165, 1.54) is 90.9 Å². The number of thiophene rings is 2. The first-order chi connectivity index (χ1) is 27.6. The Balaban J connectivity index is 0.978. The minimum atomic E-state index is 0.220. The maximum atomic E-state index is 6.24. The van der Waals surface area contributed by atoms with Crippen molar-refractivity contribution in [2.75, 3.05) is 13.2 Å². The molecule has 308 valence electrons. The Hall–Kier alpha value is -2.22. The molecule has 0 N–H and O–H groups in total. The van der Waals surface area contributed by atoms with Crippen molar-refractivity contribution in [1.82, 2.24) is 0 Å². The van der Waals surface area contributed by atoms with Gasteiger partial charge >= 0.3 is 0 Å². The van der Waals surface area contributed by atoms with Crippen molar-refractivity contribution in [2.24, 2.45) is 23.7 Å². The highest BCUT2D eigenvalue weighted by molar-refractivity contribution is 8.01. The van der Waals surface area contributed by atoms with Gasteiger partial charge in [-0.1, -0.05) is 136 Å². The van der Waals surface area contributed by atoms with Gasteiger partial charge in [0.05, 0.1) is 17.4 Å². The molecule has 5 unspecified atom stereocenters. The van der Waals surface area contributed by atoms with Crippen molar-refractivity contribution in [3.05, 3.63) is 94.4 Å². The molecule has 2 aliphatic rings. The van der Waals surface area contributed by atoms with Crippen LogP contribution in [0.5, 0.6) is 5.75 Å². The standard InChI is InChI=1S/C51H68O2S4/c1-35(2)10-8-12-37(5)26-28-52-43-20-14-40(15-21-43)18-24-45-30-39(7)55-48-33-47-49(31-42(48)34-54-45)57-50-32-46(56-51(47)50)25-19-41-16-22-44(23-17-41)53-29-27-38(6)13-9-11-36(3)4/h14-20,22-25,31-33,35-39,43,45H,8-13,21,26-30,34H2,1-7H3/b24-18+,25-19+. The summed E-state index contributed by atoms with van der Waals surface area (Å²) in [5.41, 5.74) is 4.02. The summed E-state index contributed by atoms with van der Waals surface area (Å²) in [6, 6.07) is 15.9. The Morgan fingerprint density at radius 1 is 0.772 bits per heavy atom. The van der Waals surface area contributed by atoms with Gasteiger partial charge in [-0.3, -0.25) is 0 Å². The van der Waals surface area contributed by atoms with Gasteiger partial charge in [-0.05, 0) is 102 Å². The third-order valence-electron chi connectivity index (χ3n) is 11.4. The fourth-order valence-electron chi connectivity index (χ4n) is 7.71. The van der Waals surface area contributed by atoms with Crippen molar-refractivity contribution in [2.45, 2.75) is 140 Å². The molecular weight excluding hydrogens is 773 g/mol. The summed E-state index contributed by atoms with van der Waals surface area (Å²) < 4.78 is 16.6. The van der Waals surface area contributed by atoms with Crippen molar-refractivity contribution < 1.29 is 9.47 Å². The molecule has 2 aromatic heterocycles. The minimum Gasteiger partial charge on any atom is -0.494 e. The summed E-state index contributed by atoms with van der Waals surface area (Å²) in [6.07, 6.45) is 28.8. The topological polar surface area (TPSA) is 18.5 Å². The number of allylic oxidation sites excluding steroid dienone is 3. The summed E-state index contributed by atoms with van der Waals surface area (Å²) in [7, 11) is 0. The molecule has 1 aliphatic carbocycles. The molecule has 0 amide bonds. The molecule has 0 bridgehead atoms. The summed E-state index contributed by atoms with van der Waals surface area (Å²) in [5.74, 6) is 5.10.